The molecule has 2 unspecified atom stereocenters. The van der Waals surface area contributed by atoms with Gasteiger partial charge in [-0.2, -0.15) is 18.3 Å². The minimum absolute atomic E-state index is 0.165. The van der Waals surface area contributed by atoms with Gasteiger partial charge in [0.25, 0.3) is 0 Å². The summed E-state index contributed by atoms with van der Waals surface area (Å²) in [6.45, 7) is 0. The summed E-state index contributed by atoms with van der Waals surface area (Å²) in [6.07, 6.45) is 2.71. The standard InChI is InChI=1S/C10H12F3N3OS/c1-16-9(17-18-10(11,12)13)6-4-5-2-3-7(14-5)8(6)15-16/h5,7,14H,2-4H2,1H3. The molecule has 1 N–H and O–H groups in total. The summed E-state index contributed by atoms with van der Waals surface area (Å²) in [6, 6.07) is 0.503. The van der Waals surface area contributed by atoms with Crippen molar-refractivity contribution in [1.82, 2.24) is 15.1 Å². The third kappa shape index (κ3) is 2.07. The Kier molecular flexibility index (Phi) is 2.74. The number of rotatable bonds is 2. The fraction of sp³-hybridized carbons (Fsp3) is 0.700. The molecule has 18 heavy (non-hydrogen) atoms. The molecule has 3 rings (SSSR count). The number of nitrogens with one attached hydrogen (secondary N) is 1. The van der Waals surface area contributed by atoms with Crippen LogP contribution in [0.1, 0.15) is 30.1 Å². The van der Waals surface area contributed by atoms with Crippen LogP contribution in [0.25, 0.3) is 0 Å². The molecule has 0 spiro atoms. The van der Waals surface area contributed by atoms with Crippen LogP contribution < -0.4 is 9.50 Å². The van der Waals surface area contributed by atoms with E-state index in [2.05, 4.69) is 10.4 Å². The molecule has 0 radical (unpaired) electrons. The molecule has 1 saturated heterocycles. The van der Waals surface area contributed by atoms with E-state index in [-0.39, 0.29) is 11.9 Å². The van der Waals surface area contributed by atoms with Gasteiger partial charge in [-0.1, -0.05) is 0 Å². The zero-order chi connectivity index (χ0) is 12.9. The first kappa shape index (κ1) is 12.2. The van der Waals surface area contributed by atoms with Gasteiger partial charge >= 0.3 is 5.51 Å². The topological polar surface area (TPSA) is 39.1 Å². The van der Waals surface area contributed by atoms with Gasteiger partial charge in [0.2, 0.25) is 5.88 Å². The Morgan fingerprint density at radius 3 is 2.94 bits per heavy atom. The Balaban J connectivity index is 1.87. The third-order valence-corrected chi connectivity index (χ3v) is 3.79. The van der Waals surface area contributed by atoms with Crippen molar-refractivity contribution < 1.29 is 17.4 Å². The van der Waals surface area contributed by atoms with Gasteiger partial charge < -0.3 is 9.50 Å². The van der Waals surface area contributed by atoms with Crippen LogP contribution in [0.3, 0.4) is 0 Å². The van der Waals surface area contributed by atoms with Crippen LogP contribution in [0.5, 0.6) is 5.88 Å². The first-order valence-corrected chi connectivity index (χ1v) is 6.42. The van der Waals surface area contributed by atoms with E-state index in [1.807, 2.05) is 0 Å². The minimum atomic E-state index is -4.40. The number of fused-ring (bicyclic) bond motifs is 4. The summed E-state index contributed by atoms with van der Waals surface area (Å²) >= 11 is -0.480. The van der Waals surface area contributed by atoms with Gasteiger partial charge in [0, 0.05) is 18.7 Å². The maximum atomic E-state index is 12.2. The van der Waals surface area contributed by atoms with Gasteiger partial charge in [0.05, 0.1) is 11.7 Å². The molecular formula is C10H12F3N3OS. The quantitative estimate of drug-likeness (QED) is 0.843. The number of aromatic nitrogens is 2. The summed E-state index contributed by atoms with van der Waals surface area (Å²) in [5.74, 6) is 0.228. The molecule has 100 valence electrons. The van der Waals surface area contributed by atoms with Gasteiger partial charge in [0.1, 0.15) is 0 Å². The molecule has 4 nitrogen and oxygen atoms in total. The van der Waals surface area contributed by atoms with E-state index in [4.69, 9.17) is 4.18 Å². The molecule has 2 atom stereocenters. The van der Waals surface area contributed by atoms with Crippen LogP contribution in [-0.4, -0.2) is 21.3 Å². The lowest BCUT2D eigenvalue weighted by molar-refractivity contribution is -0.0371. The van der Waals surface area contributed by atoms with E-state index in [1.54, 1.807) is 7.05 Å². The van der Waals surface area contributed by atoms with Gasteiger partial charge in [-0.3, -0.25) is 0 Å². The van der Waals surface area contributed by atoms with Crippen molar-refractivity contribution in [2.24, 2.45) is 7.05 Å². The predicted octanol–water partition coefficient (Wildman–Crippen LogP) is 2.32. The number of hydrogen-bond acceptors (Lipinski definition) is 4. The maximum absolute atomic E-state index is 12.2. The molecule has 0 aromatic carbocycles. The number of aryl methyl sites for hydroxylation is 1. The molecule has 0 saturated carbocycles. The summed E-state index contributed by atoms with van der Waals surface area (Å²) in [5, 5.41) is 7.68. The van der Waals surface area contributed by atoms with E-state index in [0.29, 0.717) is 12.5 Å². The van der Waals surface area contributed by atoms with Crippen LogP contribution in [0.15, 0.2) is 0 Å². The molecule has 1 fully saturated rings. The second-order valence-electron chi connectivity index (χ2n) is 4.60. The van der Waals surface area contributed by atoms with E-state index < -0.39 is 17.6 Å². The van der Waals surface area contributed by atoms with Crippen molar-refractivity contribution >= 4 is 12.0 Å². The van der Waals surface area contributed by atoms with E-state index in [0.717, 1.165) is 24.1 Å². The molecule has 3 heterocycles. The largest absolute Gasteiger partial charge is 0.479 e. The van der Waals surface area contributed by atoms with Gasteiger partial charge in [-0.05, 0) is 19.3 Å². The molecule has 1 aromatic heterocycles. The molecule has 1 aromatic rings. The van der Waals surface area contributed by atoms with Crippen molar-refractivity contribution in [1.29, 1.82) is 0 Å². The van der Waals surface area contributed by atoms with Crippen molar-refractivity contribution in [3.63, 3.8) is 0 Å². The molecule has 2 aliphatic rings. The zero-order valence-electron chi connectivity index (χ0n) is 9.62. The molecule has 0 amide bonds. The average molecular weight is 279 g/mol. The van der Waals surface area contributed by atoms with E-state index >= 15 is 0 Å². The maximum Gasteiger partial charge on any atom is 0.479 e. The summed E-state index contributed by atoms with van der Waals surface area (Å²) in [5.41, 5.74) is -2.74. The number of nitrogens with zero attached hydrogens (tertiary/aromatic N) is 2. The third-order valence-electron chi connectivity index (χ3n) is 3.36. The highest BCUT2D eigenvalue weighted by atomic mass is 32.2. The van der Waals surface area contributed by atoms with Crippen molar-refractivity contribution in [3.8, 4) is 5.88 Å². The van der Waals surface area contributed by atoms with Crippen LogP contribution in [0, 0.1) is 0 Å². The second kappa shape index (κ2) is 4.06. The Morgan fingerprint density at radius 2 is 2.22 bits per heavy atom. The fourth-order valence-corrected chi connectivity index (χ4v) is 3.06. The Labute approximate surface area is 106 Å². The zero-order valence-corrected chi connectivity index (χ0v) is 10.4. The lowest BCUT2D eigenvalue weighted by Crippen LogP contribution is -2.31. The second-order valence-corrected chi connectivity index (χ2v) is 5.40. The summed E-state index contributed by atoms with van der Waals surface area (Å²) in [4.78, 5) is 0. The number of hydrogen-bond donors (Lipinski definition) is 1. The minimum Gasteiger partial charge on any atom is -0.397 e. The highest BCUT2D eigenvalue weighted by Gasteiger charge is 2.39. The molecule has 2 aliphatic heterocycles. The van der Waals surface area contributed by atoms with Gasteiger partial charge in [-0.25, -0.2) is 4.68 Å². The first-order chi connectivity index (χ1) is 8.44. The monoisotopic (exact) mass is 279 g/mol. The van der Waals surface area contributed by atoms with Gasteiger partial charge in [0.15, 0.2) is 12.0 Å². The van der Waals surface area contributed by atoms with Crippen LogP contribution in [0.4, 0.5) is 13.2 Å². The van der Waals surface area contributed by atoms with Crippen LogP contribution in [-0.2, 0) is 13.5 Å². The molecule has 0 aliphatic carbocycles. The lowest BCUT2D eigenvalue weighted by atomic mass is 10.0. The smallest absolute Gasteiger partial charge is 0.397 e. The summed E-state index contributed by atoms with van der Waals surface area (Å²) in [7, 11) is 1.61. The highest BCUT2D eigenvalue weighted by molar-refractivity contribution is 7.95. The SMILES string of the molecule is Cn1nc2c(c1OSC(F)(F)F)CC1CCC2N1. The van der Waals surface area contributed by atoms with Crippen molar-refractivity contribution in [3.05, 3.63) is 11.3 Å². The predicted molar refractivity (Wildman–Crippen MR) is 60.1 cm³/mol. The number of alkyl halides is 3. The van der Waals surface area contributed by atoms with Crippen LogP contribution in [0.2, 0.25) is 0 Å². The Hall–Kier alpha value is -0.890. The average Bonchev–Trinajstić information content (AvgIpc) is 2.79. The van der Waals surface area contributed by atoms with Crippen LogP contribution >= 0.6 is 12.0 Å². The van der Waals surface area contributed by atoms with E-state index in [1.165, 1.54) is 4.68 Å². The Morgan fingerprint density at radius 1 is 1.44 bits per heavy atom. The van der Waals surface area contributed by atoms with E-state index in [9.17, 15) is 13.2 Å². The van der Waals surface area contributed by atoms with Crippen molar-refractivity contribution in [2.75, 3.05) is 0 Å². The summed E-state index contributed by atoms with van der Waals surface area (Å²) < 4.78 is 42.7. The van der Waals surface area contributed by atoms with Gasteiger partial charge in [-0.15, -0.1) is 0 Å². The molecule has 2 bridgehead atoms. The number of halogens is 3. The molecule has 8 heteroatoms. The molecular weight excluding hydrogens is 267 g/mol. The van der Waals surface area contributed by atoms with Crippen molar-refractivity contribution in [2.45, 2.75) is 36.9 Å². The Bertz CT molecular complexity index is 474. The normalized spacial score (nSPS) is 26.2. The first-order valence-electron chi connectivity index (χ1n) is 5.68. The lowest BCUT2D eigenvalue weighted by Gasteiger charge is -2.20. The highest BCUT2D eigenvalue weighted by Crippen LogP contribution is 2.41. The fourth-order valence-electron chi connectivity index (χ4n) is 2.68.